The molecule has 0 saturated heterocycles. The van der Waals surface area contributed by atoms with Crippen LogP contribution in [0.25, 0.3) is 0 Å². The van der Waals surface area contributed by atoms with Gasteiger partial charge >= 0.3 is 5.97 Å². The maximum Gasteiger partial charge on any atom is 0.326 e. The molecule has 1 unspecified atom stereocenters. The molecule has 1 fully saturated rings. The lowest BCUT2D eigenvalue weighted by atomic mass is 10.0. The second kappa shape index (κ2) is 3.55. The van der Waals surface area contributed by atoms with E-state index < -0.39 is 17.6 Å². The van der Waals surface area contributed by atoms with Crippen LogP contribution in [0.5, 0.6) is 0 Å². The van der Waals surface area contributed by atoms with E-state index in [9.17, 15) is 14.7 Å². The first kappa shape index (κ1) is 11.2. The Morgan fingerprint density at radius 3 is 2.89 bits per heavy atom. The van der Waals surface area contributed by atoms with Crippen molar-refractivity contribution >= 4 is 11.9 Å². The average Bonchev–Trinajstić information content (AvgIpc) is 2.92. The molecule has 1 aromatic heterocycles. The number of carbonyl (C=O) groups excluding carboxylic acids is 1. The summed E-state index contributed by atoms with van der Waals surface area (Å²) in [6.07, 6.45) is 3.01. The van der Waals surface area contributed by atoms with E-state index in [-0.39, 0.29) is 18.9 Å². The van der Waals surface area contributed by atoms with Crippen LogP contribution in [-0.2, 0) is 22.6 Å². The Bertz CT molecular complexity index is 520. The predicted molar refractivity (Wildman–Crippen MR) is 60.4 cm³/mol. The molecule has 0 spiro atoms. The number of carboxylic acids is 1. The number of nitrogens with two attached hydrogens (primary N) is 1. The highest BCUT2D eigenvalue weighted by Gasteiger charge is 2.51. The van der Waals surface area contributed by atoms with Crippen molar-refractivity contribution in [2.45, 2.75) is 37.4 Å². The minimum atomic E-state index is -1.01. The third-order valence-corrected chi connectivity index (χ3v) is 3.66. The number of imidazole rings is 1. The van der Waals surface area contributed by atoms with Crippen molar-refractivity contribution in [3.05, 3.63) is 17.7 Å². The van der Waals surface area contributed by atoms with Gasteiger partial charge in [0.1, 0.15) is 6.04 Å². The smallest absolute Gasteiger partial charge is 0.326 e. The molecule has 0 radical (unpaired) electrons. The van der Waals surface area contributed by atoms with E-state index in [0.29, 0.717) is 18.5 Å². The van der Waals surface area contributed by atoms with Crippen LogP contribution in [0.1, 0.15) is 24.2 Å². The van der Waals surface area contributed by atoms with Crippen LogP contribution in [0.2, 0.25) is 0 Å². The van der Waals surface area contributed by atoms with Gasteiger partial charge in [-0.05, 0) is 12.8 Å². The minimum Gasteiger partial charge on any atom is -0.480 e. The van der Waals surface area contributed by atoms with E-state index in [4.69, 9.17) is 5.73 Å². The van der Waals surface area contributed by atoms with E-state index >= 15 is 0 Å². The van der Waals surface area contributed by atoms with Crippen molar-refractivity contribution in [3.63, 3.8) is 0 Å². The summed E-state index contributed by atoms with van der Waals surface area (Å²) < 4.78 is 0. The number of nitrogens with zero attached hydrogens (tertiary/aromatic N) is 2. The summed E-state index contributed by atoms with van der Waals surface area (Å²) in [5, 5.41) is 9.23. The maximum atomic E-state index is 12.2. The molecule has 7 nitrogen and oxygen atoms in total. The third kappa shape index (κ3) is 1.59. The van der Waals surface area contributed by atoms with Crippen molar-refractivity contribution in [2.75, 3.05) is 0 Å². The van der Waals surface area contributed by atoms with E-state index in [1.807, 2.05) is 0 Å². The molecule has 2 aliphatic rings. The van der Waals surface area contributed by atoms with Gasteiger partial charge in [0.25, 0.3) is 0 Å². The van der Waals surface area contributed by atoms with E-state index in [2.05, 4.69) is 9.97 Å². The highest BCUT2D eigenvalue weighted by molar-refractivity contribution is 5.92. The fourth-order valence-corrected chi connectivity index (χ4v) is 2.30. The molecule has 3 rings (SSSR count). The summed E-state index contributed by atoms with van der Waals surface area (Å²) in [6.45, 7) is 0.240. The van der Waals surface area contributed by atoms with Crippen LogP contribution in [0, 0.1) is 0 Å². The zero-order chi connectivity index (χ0) is 12.9. The quantitative estimate of drug-likeness (QED) is 0.638. The molecule has 96 valence electrons. The van der Waals surface area contributed by atoms with Gasteiger partial charge in [0, 0.05) is 6.42 Å². The number of nitrogens with one attached hydrogen (secondary N) is 1. The van der Waals surface area contributed by atoms with Crippen molar-refractivity contribution in [1.29, 1.82) is 0 Å². The van der Waals surface area contributed by atoms with Crippen molar-refractivity contribution < 1.29 is 14.7 Å². The lowest BCUT2D eigenvalue weighted by molar-refractivity contribution is -0.152. The Balaban J connectivity index is 1.92. The summed E-state index contributed by atoms with van der Waals surface area (Å²) in [4.78, 5) is 31.9. The summed E-state index contributed by atoms with van der Waals surface area (Å²) in [6, 6.07) is -0.866. The predicted octanol–water partition coefficient (Wildman–Crippen LogP) is -0.761. The number of aromatic amines is 1. The normalized spacial score (nSPS) is 24.5. The molecular formula is C11H14N4O3. The number of carboxylic acid groups (broad SMARTS) is 1. The van der Waals surface area contributed by atoms with Gasteiger partial charge in [-0.15, -0.1) is 0 Å². The van der Waals surface area contributed by atoms with Gasteiger partial charge in [-0.3, -0.25) is 4.79 Å². The fraction of sp³-hybridized carbons (Fsp3) is 0.545. The Morgan fingerprint density at radius 1 is 1.56 bits per heavy atom. The number of H-pyrrole nitrogens is 1. The summed E-state index contributed by atoms with van der Waals surface area (Å²) in [5.74, 6) is -1.28. The van der Waals surface area contributed by atoms with Crippen LogP contribution in [-0.4, -0.2) is 43.4 Å². The Labute approximate surface area is 103 Å². The van der Waals surface area contributed by atoms with Crippen LogP contribution >= 0.6 is 0 Å². The Kier molecular flexibility index (Phi) is 2.21. The topological polar surface area (TPSA) is 112 Å². The highest BCUT2D eigenvalue weighted by atomic mass is 16.4. The third-order valence-electron chi connectivity index (χ3n) is 3.66. The molecule has 0 bridgehead atoms. The Morgan fingerprint density at radius 2 is 2.28 bits per heavy atom. The number of amides is 1. The molecule has 1 saturated carbocycles. The maximum absolute atomic E-state index is 12.2. The number of carbonyl (C=O) groups is 2. The first-order valence-corrected chi connectivity index (χ1v) is 5.85. The molecule has 0 aromatic carbocycles. The highest BCUT2D eigenvalue weighted by Crippen LogP contribution is 2.36. The fourth-order valence-electron chi connectivity index (χ4n) is 2.30. The molecule has 1 amide bonds. The van der Waals surface area contributed by atoms with Crippen LogP contribution < -0.4 is 5.73 Å². The monoisotopic (exact) mass is 250 g/mol. The van der Waals surface area contributed by atoms with Crippen LogP contribution in [0.15, 0.2) is 6.33 Å². The number of fused-ring (bicyclic) bond motifs is 1. The van der Waals surface area contributed by atoms with E-state index in [1.54, 1.807) is 0 Å². The van der Waals surface area contributed by atoms with Gasteiger partial charge in [-0.1, -0.05) is 0 Å². The number of hydrogen-bond donors (Lipinski definition) is 3. The average molecular weight is 250 g/mol. The largest absolute Gasteiger partial charge is 0.480 e. The molecule has 18 heavy (non-hydrogen) atoms. The number of aliphatic carboxylic acids is 1. The SMILES string of the molecule is NC1(C(=O)N2Cc3[nH]cnc3CC2C(=O)O)CC1. The van der Waals surface area contributed by atoms with Gasteiger partial charge in [-0.2, -0.15) is 0 Å². The lowest BCUT2D eigenvalue weighted by Crippen LogP contribution is -2.54. The second-order valence-corrected chi connectivity index (χ2v) is 4.98. The van der Waals surface area contributed by atoms with Crippen molar-refractivity contribution in [1.82, 2.24) is 14.9 Å². The molecule has 7 heteroatoms. The molecule has 4 N–H and O–H groups in total. The number of hydrogen-bond acceptors (Lipinski definition) is 4. The molecule has 1 aliphatic carbocycles. The first-order valence-electron chi connectivity index (χ1n) is 5.85. The zero-order valence-corrected chi connectivity index (χ0v) is 9.72. The molecular weight excluding hydrogens is 236 g/mol. The van der Waals surface area contributed by atoms with Crippen molar-refractivity contribution in [2.24, 2.45) is 5.73 Å². The van der Waals surface area contributed by atoms with Crippen LogP contribution in [0.4, 0.5) is 0 Å². The molecule has 2 heterocycles. The van der Waals surface area contributed by atoms with Gasteiger partial charge < -0.3 is 20.7 Å². The first-order chi connectivity index (χ1) is 8.51. The van der Waals surface area contributed by atoms with Gasteiger partial charge in [0.15, 0.2) is 0 Å². The van der Waals surface area contributed by atoms with Gasteiger partial charge in [0.2, 0.25) is 5.91 Å². The van der Waals surface area contributed by atoms with E-state index in [1.165, 1.54) is 11.2 Å². The van der Waals surface area contributed by atoms with Gasteiger partial charge in [0.05, 0.1) is 29.8 Å². The standard InChI is InChI=1S/C11H14N4O3/c12-11(1-2-11)10(18)15-4-7-6(13-5-14-7)3-8(15)9(16)17/h5,8H,1-4,12H2,(H,13,14)(H,16,17). The zero-order valence-electron chi connectivity index (χ0n) is 9.72. The summed E-state index contributed by atoms with van der Waals surface area (Å²) >= 11 is 0. The number of aromatic nitrogens is 2. The van der Waals surface area contributed by atoms with Crippen LogP contribution in [0.3, 0.4) is 0 Å². The molecule has 1 atom stereocenters. The summed E-state index contributed by atoms with van der Waals surface area (Å²) in [7, 11) is 0. The van der Waals surface area contributed by atoms with Gasteiger partial charge in [-0.25, -0.2) is 9.78 Å². The van der Waals surface area contributed by atoms with Crippen molar-refractivity contribution in [3.8, 4) is 0 Å². The molecule has 1 aromatic rings. The second-order valence-electron chi connectivity index (χ2n) is 4.98. The van der Waals surface area contributed by atoms with E-state index in [0.717, 1.165) is 5.69 Å². The molecule has 1 aliphatic heterocycles. The minimum absolute atomic E-state index is 0.232. The Hall–Kier alpha value is -1.89. The summed E-state index contributed by atoms with van der Waals surface area (Å²) in [5.41, 5.74) is 6.54. The number of rotatable bonds is 2. The lowest BCUT2D eigenvalue weighted by Gasteiger charge is -2.34.